The standard InChI is InChI=1S/C20H17ClN2O4/c1-27-18(24)11-23-20(26)16-10-22-17-6-5-13(9-15(17)19(16)25)7-12-3-2-4-14(21)8-12/h2-6,8-10H,7,11H2,1H3,(H,22,25)(H,23,26). The Balaban J connectivity index is 1.91. The Labute approximate surface area is 160 Å². The second-order valence-corrected chi connectivity index (χ2v) is 6.41. The molecule has 0 aliphatic rings. The van der Waals surface area contributed by atoms with Gasteiger partial charge in [0.05, 0.1) is 7.11 Å². The number of halogens is 1. The molecule has 1 aromatic heterocycles. The maximum atomic E-state index is 12.7. The lowest BCUT2D eigenvalue weighted by atomic mass is 10.0. The molecule has 0 bridgehead atoms. The summed E-state index contributed by atoms with van der Waals surface area (Å²) in [5.41, 5.74) is 2.09. The number of carbonyl (C=O) groups excluding carboxylic acids is 2. The number of aromatic nitrogens is 1. The minimum absolute atomic E-state index is 0.0636. The number of hydrogen-bond donors (Lipinski definition) is 2. The predicted octanol–water partition coefficient (Wildman–Crippen LogP) is 2.68. The van der Waals surface area contributed by atoms with E-state index in [2.05, 4.69) is 15.0 Å². The second kappa shape index (κ2) is 8.05. The lowest BCUT2D eigenvalue weighted by Gasteiger charge is -2.07. The van der Waals surface area contributed by atoms with E-state index in [1.807, 2.05) is 24.3 Å². The Hall–Kier alpha value is -3.12. The van der Waals surface area contributed by atoms with E-state index in [9.17, 15) is 14.4 Å². The summed E-state index contributed by atoms with van der Waals surface area (Å²) in [4.78, 5) is 39.0. The van der Waals surface area contributed by atoms with E-state index in [0.29, 0.717) is 22.3 Å². The van der Waals surface area contributed by atoms with Gasteiger partial charge in [-0.1, -0.05) is 29.8 Å². The van der Waals surface area contributed by atoms with Gasteiger partial charge in [0.2, 0.25) is 5.43 Å². The first-order valence-electron chi connectivity index (χ1n) is 8.21. The van der Waals surface area contributed by atoms with Crippen LogP contribution in [0.3, 0.4) is 0 Å². The molecule has 0 aliphatic heterocycles. The Bertz CT molecular complexity index is 1080. The fourth-order valence-corrected chi connectivity index (χ4v) is 2.96. The Kier molecular flexibility index (Phi) is 5.57. The highest BCUT2D eigenvalue weighted by Gasteiger charge is 2.14. The summed E-state index contributed by atoms with van der Waals surface area (Å²) in [5.74, 6) is -1.23. The molecule has 6 nitrogen and oxygen atoms in total. The maximum Gasteiger partial charge on any atom is 0.325 e. The molecule has 3 aromatic rings. The van der Waals surface area contributed by atoms with Crippen molar-refractivity contribution in [2.45, 2.75) is 6.42 Å². The molecule has 0 saturated heterocycles. The molecule has 1 amide bonds. The van der Waals surface area contributed by atoms with Gasteiger partial charge in [-0.05, 0) is 41.8 Å². The number of pyridine rings is 1. The van der Waals surface area contributed by atoms with Gasteiger partial charge in [-0.15, -0.1) is 0 Å². The predicted molar refractivity (Wildman–Crippen MR) is 103 cm³/mol. The van der Waals surface area contributed by atoms with Crippen molar-refractivity contribution in [3.05, 3.63) is 80.6 Å². The minimum Gasteiger partial charge on any atom is -0.468 e. The second-order valence-electron chi connectivity index (χ2n) is 5.98. The topological polar surface area (TPSA) is 88.3 Å². The monoisotopic (exact) mass is 384 g/mol. The number of nitrogens with one attached hydrogen (secondary N) is 2. The van der Waals surface area contributed by atoms with Crippen LogP contribution in [0, 0.1) is 0 Å². The van der Waals surface area contributed by atoms with Crippen LogP contribution in [0.4, 0.5) is 0 Å². The molecule has 0 radical (unpaired) electrons. The number of ether oxygens (including phenoxy) is 1. The van der Waals surface area contributed by atoms with Gasteiger partial charge in [0.15, 0.2) is 0 Å². The molecule has 2 aromatic carbocycles. The number of amides is 1. The highest BCUT2D eigenvalue weighted by Crippen LogP contribution is 2.17. The third-order valence-electron chi connectivity index (χ3n) is 4.11. The number of carbonyl (C=O) groups is 2. The summed E-state index contributed by atoms with van der Waals surface area (Å²) < 4.78 is 4.47. The first-order chi connectivity index (χ1) is 13.0. The van der Waals surface area contributed by atoms with E-state index in [-0.39, 0.29) is 12.1 Å². The number of hydrogen-bond acceptors (Lipinski definition) is 4. The summed E-state index contributed by atoms with van der Waals surface area (Å²) in [5, 5.41) is 3.42. The number of fused-ring (bicyclic) bond motifs is 1. The summed E-state index contributed by atoms with van der Waals surface area (Å²) in [7, 11) is 1.22. The Morgan fingerprint density at radius 2 is 1.93 bits per heavy atom. The maximum absolute atomic E-state index is 12.7. The Morgan fingerprint density at radius 3 is 2.67 bits per heavy atom. The van der Waals surface area contributed by atoms with E-state index >= 15 is 0 Å². The molecule has 2 N–H and O–H groups in total. The quantitative estimate of drug-likeness (QED) is 0.662. The van der Waals surface area contributed by atoms with E-state index in [4.69, 9.17) is 11.6 Å². The molecule has 0 unspecified atom stereocenters. The van der Waals surface area contributed by atoms with Crippen molar-refractivity contribution in [3.63, 3.8) is 0 Å². The van der Waals surface area contributed by atoms with Crippen LogP contribution >= 0.6 is 11.6 Å². The molecular formula is C20H17ClN2O4. The van der Waals surface area contributed by atoms with Gasteiger partial charge in [0.1, 0.15) is 12.1 Å². The molecule has 0 atom stereocenters. The van der Waals surface area contributed by atoms with E-state index in [1.165, 1.54) is 13.3 Å². The number of aromatic amines is 1. The van der Waals surface area contributed by atoms with Crippen LogP contribution in [0.5, 0.6) is 0 Å². The average Bonchev–Trinajstić information content (AvgIpc) is 2.66. The van der Waals surface area contributed by atoms with Crippen molar-refractivity contribution < 1.29 is 14.3 Å². The normalized spacial score (nSPS) is 10.6. The molecular weight excluding hydrogens is 368 g/mol. The van der Waals surface area contributed by atoms with Crippen molar-refractivity contribution >= 4 is 34.4 Å². The van der Waals surface area contributed by atoms with Crippen LogP contribution in [0.15, 0.2) is 53.5 Å². The smallest absolute Gasteiger partial charge is 0.325 e. The largest absolute Gasteiger partial charge is 0.468 e. The van der Waals surface area contributed by atoms with Gasteiger partial charge < -0.3 is 15.0 Å². The molecule has 1 heterocycles. The summed E-state index contributed by atoms with van der Waals surface area (Å²) >= 11 is 6.02. The number of methoxy groups -OCH3 is 1. The first kappa shape index (κ1) is 18.7. The van der Waals surface area contributed by atoms with E-state index in [1.54, 1.807) is 18.2 Å². The molecule has 27 heavy (non-hydrogen) atoms. The van der Waals surface area contributed by atoms with Crippen LogP contribution < -0.4 is 10.7 Å². The van der Waals surface area contributed by atoms with Crippen LogP contribution in [-0.4, -0.2) is 30.5 Å². The highest BCUT2D eigenvalue weighted by molar-refractivity contribution is 6.30. The zero-order valence-electron chi connectivity index (χ0n) is 14.5. The molecule has 0 spiro atoms. The lowest BCUT2D eigenvalue weighted by Crippen LogP contribution is -2.33. The van der Waals surface area contributed by atoms with Crippen LogP contribution in [0.1, 0.15) is 21.5 Å². The number of benzene rings is 2. The number of rotatable bonds is 5. The van der Waals surface area contributed by atoms with Gasteiger partial charge in [-0.3, -0.25) is 14.4 Å². The number of H-pyrrole nitrogens is 1. The van der Waals surface area contributed by atoms with Gasteiger partial charge in [0, 0.05) is 22.1 Å². The van der Waals surface area contributed by atoms with Gasteiger partial charge in [0.25, 0.3) is 5.91 Å². The fraction of sp³-hybridized carbons (Fsp3) is 0.150. The van der Waals surface area contributed by atoms with Crippen molar-refractivity contribution in [2.24, 2.45) is 0 Å². The van der Waals surface area contributed by atoms with Crippen LogP contribution in [0.2, 0.25) is 5.02 Å². The van der Waals surface area contributed by atoms with Crippen LogP contribution in [-0.2, 0) is 16.0 Å². The Morgan fingerprint density at radius 1 is 1.15 bits per heavy atom. The summed E-state index contributed by atoms with van der Waals surface area (Å²) in [6.07, 6.45) is 1.95. The van der Waals surface area contributed by atoms with E-state index in [0.717, 1.165) is 11.1 Å². The zero-order chi connectivity index (χ0) is 19.4. The van der Waals surface area contributed by atoms with Crippen molar-refractivity contribution in [1.29, 1.82) is 0 Å². The van der Waals surface area contributed by atoms with Crippen molar-refractivity contribution in [1.82, 2.24) is 10.3 Å². The molecule has 0 fully saturated rings. The summed E-state index contributed by atoms with van der Waals surface area (Å²) in [6.45, 7) is -0.304. The minimum atomic E-state index is -0.635. The SMILES string of the molecule is COC(=O)CNC(=O)c1c[nH]c2ccc(Cc3cccc(Cl)c3)cc2c1=O. The van der Waals surface area contributed by atoms with Gasteiger partial charge in [-0.25, -0.2) is 0 Å². The number of esters is 1. The summed E-state index contributed by atoms with van der Waals surface area (Å²) in [6, 6.07) is 13.0. The third kappa shape index (κ3) is 4.35. The highest BCUT2D eigenvalue weighted by atomic mass is 35.5. The molecule has 7 heteroatoms. The zero-order valence-corrected chi connectivity index (χ0v) is 15.3. The lowest BCUT2D eigenvalue weighted by molar-refractivity contribution is -0.139. The van der Waals surface area contributed by atoms with Gasteiger partial charge in [-0.2, -0.15) is 0 Å². The molecule has 3 rings (SSSR count). The first-order valence-corrected chi connectivity index (χ1v) is 8.59. The molecule has 0 aliphatic carbocycles. The average molecular weight is 385 g/mol. The molecule has 138 valence electrons. The fourth-order valence-electron chi connectivity index (χ4n) is 2.75. The third-order valence-corrected chi connectivity index (χ3v) is 4.34. The van der Waals surface area contributed by atoms with Crippen molar-refractivity contribution in [3.8, 4) is 0 Å². The van der Waals surface area contributed by atoms with E-state index < -0.39 is 17.3 Å². The van der Waals surface area contributed by atoms with Gasteiger partial charge >= 0.3 is 5.97 Å². The van der Waals surface area contributed by atoms with Crippen LogP contribution in [0.25, 0.3) is 10.9 Å². The van der Waals surface area contributed by atoms with Crippen molar-refractivity contribution in [2.75, 3.05) is 13.7 Å². The molecule has 0 saturated carbocycles.